The van der Waals surface area contributed by atoms with Crippen molar-refractivity contribution < 1.29 is 4.79 Å². The largest absolute Gasteiger partial charge is 0.385 e. The van der Waals surface area contributed by atoms with E-state index >= 15 is 0 Å². The van der Waals surface area contributed by atoms with E-state index in [1.165, 1.54) is 6.20 Å². The van der Waals surface area contributed by atoms with Crippen LogP contribution in [0.25, 0.3) is 0 Å². The van der Waals surface area contributed by atoms with Crippen molar-refractivity contribution in [2.45, 2.75) is 13.8 Å². The topological polar surface area (TPSA) is 66.9 Å². The van der Waals surface area contributed by atoms with Gasteiger partial charge in [0.1, 0.15) is 5.00 Å². The van der Waals surface area contributed by atoms with E-state index in [0.717, 1.165) is 29.3 Å². The average Bonchev–Trinajstić information content (AvgIpc) is 2.82. The quantitative estimate of drug-likeness (QED) is 0.888. The van der Waals surface area contributed by atoms with Crippen LogP contribution in [0.3, 0.4) is 0 Å². The SMILES string of the molecule is CCNc1cc(C)ccc1C(=O)Nc1cnns1. The van der Waals surface area contributed by atoms with Gasteiger partial charge in [-0.25, -0.2) is 0 Å². The number of aryl methyl sites for hydroxylation is 1. The number of carbonyl (C=O) groups is 1. The Kier molecular flexibility index (Phi) is 3.88. The molecule has 0 fully saturated rings. The Hall–Kier alpha value is -1.95. The molecule has 2 aromatic rings. The van der Waals surface area contributed by atoms with E-state index in [2.05, 4.69) is 20.2 Å². The number of benzene rings is 1. The third kappa shape index (κ3) is 2.84. The first kappa shape index (κ1) is 12.5. The third-order valence-electron chi connectivity index (χ3n) is 2.38. The summed E-state index contributed by atoms with van der Waals surface area (Å²) >= 11 is 1.15. The number of hydrogen-bond acceptors (Lipinski definition) is 5. The smallest absolute Gasteiger partial charge is 0.258 e. The number of rotatable bonds is 4. The van der Waals surface area contributed by atoms with Gasteiger partial charge in [0.2, 0.25) is 0 Å². The lowest BCUT2D eigenvalue weighted by Crippen LogP contribution is -2.14. The van der Waals surface area contributed by atoms with E-state index in [9.17, 15) is 4.79 Å². The molecule has 0 atom stereocenters. The van der Waals surface area contributed by atoms with Gasteiger partial charge in [-0.15, -0.1) is 5.10 Å². The number of anilines is 2. The van der Waals surface area contributed by atoms with Crippen LogP contribution in [0.15, 0.2) is 24.4 Å². The van der Waals surface area contributed by atoms with Crippen LogP contribution in [0.2, 0.25) is 0 Å². The summed E-state index contributed by atoms with van der Waals surface area (Å²) in [4.78, 5) is 12.1. The van der Waals surface area contributed by atoms with E-state index in [1.54, 1.807) is 0 Å². The first-order chi connectivity index (χ1) is 8.70. The number of carbonyl (C=O) groups excluding carboxylic acids is 1. The number of nitrogens with zero attached hydrogens (tertiary/aromatic N) is 2. The molecule has 1 amide bonds. The number of hydrogen-bond donors (Lipinski definition) is 2. The van der Waals surface area contributed by atoms with Crippen LogP contribution in [-0.2, 0) is 0 Å². The molecule has 2 rings (SSSR count). The minimum absolute atomic E-state index is 0.156. The molecule has 1 aromatic carbocycles. The fourth-order valence-corrected chi connectivity index (χ4v) is 2.01. The maximum atomic E-state index is 12.1. The lowest BCUT2D eigenvalue weighted by atomic mass is 10.1. The minimum Gasteiger partial charge on any atom is -0.385 e. The van der Waals surface area contributed by atoms with Crippen LogP contribution in [0, 0.1) is 6.92 Å². The Morgan fingerprint density at radius 1 is 1.44 bits per heavy atom. The van der Waals surface area contributed by atoms with Gasteiger partial charge < -0.3 is 10.6 Å². The Balaban J connectivity index is 2.23. The van der Waals surface area contributed by atoms with Crippen LogP contribution in [0.5, 0.6) is 0 Å². The Morgan fingerprint density at radius 3 is 2.94 bits per heavy atom. The lowest BCUT2D eigenvalue weighted by molar-refractivity contribution is 0.102. The molecular weight excluding hydrogens is 248 g/mol. The van der Waals surface area contributed by atoms with Gasteiger partial charge in [-0.1, -0.05) is 10.6 Å². The third-order valence-corrected chi connectivity index (χ3v) is 2.97. The molecule has 5 nitrogen and oxygen atoms in total. The second-order valence-corrected chi connectivity index (χ2v) is 4.60. The van der Waals surface area contributed by atoms with Gasteiger partial charge >= 0.3 is 0 Å². The summed E-state index contributed by atoms with van der Waals surface area (Å²) in [5.74, 6) is -0.156. The van der Waals surface area contributed by atoms with Crippen molar-refractivity contribution in [3.63, 3.8) is 0 Å². The average molecular weight is 262 g/mol. The van der Waals surface area contributed by atoms with Gasteiger partial charge in [-0.05, 0) is 31.5 Å². The van der Waals surface area contributed by atoms with Crippen LogP contribution >= 0.6 is 11.5 Å². The van der Waals surface area contributed by atoms with Gasteiger partial charge in [-0.2, -0.15) is 0 Å². The Bertz CT molecular complexity index is 539. The molecule has 6 heteroatoms. The molecule has 0 spiro atoms. The molecule has 0 bridgehead atoms. The van der Waals surface area contributed by atoms with Crippen molar-refractivity contribution in [1.29, 1.82) is 0 Å². The van der Waals surface area contributed by atoms with Crippen LogP contribution in [0.4, 0.5) is 10.7 Å². The fourth-order valence-electron chi connectivity index (χ4n) is 1.59. The van der Waals surface area contributed by atoms with Crippen LogP contribution in [-0.4, -0.2) is 22.0 Å². The van der Waals surface area contributed by atoms with Crippen molar-refractivity contribution >= 4 is 28.1 Å². The van der Waals surface area contributed by atoms with E-state index in [1.807, 2.05) is 32.0 Å². The summed E-state index contributed by atoms with van der Waals surface area (Å²) in [6, 6.07) is 5.70. The molecule has 0 aliphatic heterocycles. The van der Waals surface area contributed by atoms with E-state index in [4.69, 9.17) is 0 Å². The molecule has 1 aromatic heterocycles. The van der Waals surface area contributed by atoms with Crippen molar-refractivity contribution in [3.05, 3.63) is 35.5 Å². The zero-order valence-electron chi connectivity index (χ0n) is 10.2. The molecule has 0 radical (unpaired) electrons. The Morgan fingerprint density at radius 2 is 2.28 bits per heavy atom. The van der Waals surface area contributed by atoms with Gasteiger partial charge in [0.05, 0.1) is 11.8 Å². The number of amides is 1. The monoisotopic (exact) mass is 262 g/mol. The molecule has 2 N–H and O–H groups in total. The van der Waals surface area contributed by atoms with Crippen molar-refractivity contribution in [3.8, 4) is 0 Å². The van der Waals surface area contributed by atoms with Gasteiger partial charge in [0.15, 0.2) is 0 Å². The normalized spacial score (nSPS) is 10.1. The second-order valence-electron chi connectivity index (χ2n) is 3.82. The molecule has 0 saturated heterocycles. The van der Waals surface area contributed by atoms with Crippen LogP contribution in [0.1, 0.15) is 22.8 Å². The molecule has 0 aliphatic carbocycles. The highest BCUT2D eigenvalue weighted by Crippen LogP contribution is 2.20. The van der Waals surface area contributed by atoms with Gasteiger partial charge in [0, 0.05) is 23.8 Å². The van der Waals surface area contributed by atoms with E-state index < -0.39 is 0 Å². The highest BCUT2D eigenvalue weighted by atomic mass is 32.1. The molecular formula is C12H14N4OS. The van der Waals surface area contributed by atoms with Crippen molar-refractivity contribution in [2.24, 2.45) is 0 Å². The summed E-state index contributed by atoms with van der Waals surface area (Å²) in [5.41, 5.74) is 2.57. The second kappa shape index (κ2) is 5.59. The number of aromatic nitrogens is 2. The Labute approximate surface area is 109 Å². The summed E-state index contributed by atoms with van der Waals surface area (Å²) in [6.45, 7) is 4.76. The summed E-state index contributed by atoms with van der Waals surface area (Å²) in [7, 11) is 0. The maximum absolute atomic E-state index is 12.1. The van der Waals surface area contributed by atoms with Gasteiger partial charge in [-0.3, -0.25) is 4.79 Å². The minimum atomic E-state index is -0.156. The van der Waals surface area contributed by atoms with Crippen molar-refractivity contribution in [1.82, 2.24) is 9.59 Å². The lowest BCUT2D eigenvalue weighted by Gasteiger charge is -2.11. The predicted molar refractivity (Wildman–Crippen MR) is 73.2 cm³/mol. The molecule has 0 saturated carbocycles. The predicted octanol–water partition coefficient (Wildman–Crippen LogP) is 2.53. The molecule has 0 aliphatic rings. The standard InChI is InChI=1S/C12H14N4OS/c1-3-13-10-6-8(2)4-5-9(10)12(17)15-11-7-14-16-18-11/h4-7,13H,3H2,1-2H3,(H,15,17). The summed E-state index contributed by atoms with van der Waals surface area (Å²) in [5, 5.41) is 10.3. The molecule has 18 heavy (non-hydrogen) atoms. The fraction of sp³-hybridized carbons (Fsp3) is 0.250. The van der Waals surface area contributed by atoms with E-state index in [-0.39, 0.29) is 5.91 Å². The summed E-state index contributed by atoms with van der Waals surface area (Å²) in [6.07, 6.45) is 1.53. The zero-order chi connectivity index (χ0) is 13.0. The highest BCUT2D eigenvalue weighted by molar-refractivity contribution is 7.10. The summed E-state index contributed by atoms with van der Waals surface area (Å²) < 4.78 is 3.70. The number of nitrogens with one attached hydrogen (secondary N) is 2. The highest BCUT2D eigenvalue weighted by Gasteiger charge is 2.12. The first-order valence-electron chi connectivity index (χ1n) is 5.64. The maximum Gasteiger partial charge on any atom is 0.258 e. The van der Waals surface area contributed by atoms with Crippen LogP contribution < -0.4 is 10.6 Å². The molecule has 94 valence electrons. The van der Waals surface area contributed by atoms with Gasteiger partial charge in [0.25, 0.3) is 5.91 Å². The molecule has 1 heterocycles. The zero-order valence-corrected chi connectivity index (χ0v) is 11.0. The molecule has 0 unspecified atom stereocenters. The van der Waals surface area contributed by atoms with E-state index in [0.29, 0.717) is 10.6 Å². The van der Waals surface area contributed by atoms with Crippen molar-refractivity contribution in [2.75, 3.05) is 17.2 Å². The first-order valence-corrected chi connectivity index (χ1v) is 6.41.